The molecule has 1 rings (SSSR count). The number of hydrogen-bond donors (Lipinski definition) is 0. The summed E-state index contributed by atoms with van der Waals surface area (Å²) in [5.74, 6) is -2.83. The first-order chi connectivity index (χ1) is 7.03. The number of esters is 1. The summed E-state index contributed by atoms with van der Waals surface area (Å²) in [6, 6.07) is 0. The number of ether oxygens (including phenoxy) is 1. The molecule has 1 saturated heterocycles. The number of piperidine rings is 1. The van der Waals surface area contributed by atoms with Crippen LogP contribution < -0.4 is 0 Å². The van der Waals surface area contributed by atoms with Crippen LogP contribution in [-0.4, -0.2) is 43.5 Å². The van der Waals surface area contributed by atoms with Gasteiger partial charge in [0.2, 0.25) is 0 Å². The maximum atomic E-state index is 13.0. The van der Waals surface area contributed by atoms with E-state index in [0.717, 1.165) is 0 Å². The average Bonchev–Trinajstić information content (AvgIpc) is 2.16. The first-order valence-electron chi connectivity index (χ1n) is 5.20. The topological polar surface area (TPSA) is 29.5 Å². The van der Waals surface area contributed by atoms with Crippen LogP contribution in [0.25, 0.3) is 0 Å². The summed E-state index contributed by atoms with van der Waals surface area (Å²) in [4.78, 5) is 12.5. The summed E-state index contributed by atoms with van der Waals surface area (Å²) in [5, 5.41) is 0. The zero-order valence-corrected chi connectivity index (χ0v) is 8.97. The lowest BCUT2D eigenvalue weighted by Gasteiger charge is -2.32. The van der Waals surface area contributed by atoms with Gasteiger partial charge in [0.25, 0.3) is 5.92 Å². The number of hydrogen-bond acceptors (Lipinski definition) is 3. The van der Waals surface area contributed by atoms with Gasteiger partial charge in [-0.2, -0.15) is 0 Å². The number of carbonyl (C=O) groups excluding carboxylic acids is 1. The molecule has 0 spiro atoms. The Morgan fingerprint density at radius 1 is 1.53 bits per heavy atom. The molecule has 1 heterocycles. The van der Waals surface area contributed by atoms with Gasteiger partial charge in [-0.1, -0.05) is 0 Å². The summed E-state index contributed by atoms with van der Waals surface area (Å²) < 4.78 is 30.4. The molecule has 0 N–H and O–H groups in total. The first kappa shape index (κ1) is 12.4. The smallest absolute Gasteiger partial charge is 0.305 e. The monoisotopic (exact) mass is 221 g/mol. The van der Waals surface area contributed by atoms with Gasteiger partial charge >= 0.3 is 5.97 Å². The van der Waals surface area contributed by atoms with Crippen molar-refractivity contribution in [3.8, 4) is 0 Å². The van der Waals surface area contributed by atoms with Gasteiger partial charge in [0, 0.05) is 12.8 Å². The predicted molar refractivity (Wildman–Crippen MR) is 51.9 cm³/mol. The molecule has 88 valence electrons. The van der Waals surface area contributed by atoms with E-state index >= 15 is 0 Å². The van der Waals surface area contributed by atoms with Crippen molar-refractivity contribution in [1.29, 1.82) is 0 Å². The minimum Gasteiger partial charge on any atom is -0.469 e. The molecule has 5 heteroatoms. The van der Waals surface area contributed by atoms with Crippen molar-refractivity contribution in [3.05, 3.63) is 0 Å². The normalized spacial score (nSPS) is 21.3. The second-order valence-electron chi connectivity index (χ2n) is 3.92. The number of likely N-dealkylation sites (tertiary alicyclic amines) is 1. The molecule has 0 aromatic heterocycles. The molecule has 0 saturated carbocycles. The highest BCUT2D eigenvalue weighted by atomic mass is 19.3. The zero-order valence-electron chi connectivity index (χ0n) is 8.97. The lowest BCUT2D eigenvalue weighted by atomic mass is 10.1. The van der Waals surface area contributed by atoms with E-state index < -0.39 is 5.92 Å². The van der Waals surface area contributed by atoms with Gasteiger partial charge in [-0.15, -0.1) is 0 Å². The molecule has 1 aliphatic heterocycles. The molecular weight excluding hydrogens is 204 g/mol. The fourth-order valence-electron chi connectivity index (χ4n) is 1.79. The van der Waals surface area contributed by atoms with Crippen molar-refractivity contribution in [2.75, 3.05) is 26.7 Å². The highest BCUT2D eigenvalue weighted by Crippen LogP contribution is 2.26. The van der Waals surface area contributed by atoms with Crippen LogP contribution in [0.3, 0.4) is 0 Å². The van der Waals surface area contributed by atoms with E-state index in [0.29, 0.717) is 32.4 Å². The number of carbonyl (C=O) groups is 1. The van der Waals surface area contributed by atoms with Crippen molar-refractivity contribution in [2.45, 2.75) is 31.6 Å². The Morgan fingerprint density at radius 2 is 2.27 bits per heavy atom. The maximum absolute atomic E-state index is 13.0. The van der Waals surface area contributed by atoms with Gasteiger partial charge in [-0.05, 0) is 25.9 Å². The molecule has 1 aliphatic rings. The van der Waals surface area contributed by atoms with E-state index in [2.05, 4.69) is 4.74 Å². The summed E-state index contributed by atoms with van der Waals surface area (Å²) in [5.41, 5.74) is 0. The quantitative estimate of drug-likeness (QED) is 0.676. The van der Waals surface area contributed by atoms with Crippen LogP contribution in [0.5, 0.6) is 0 Å². The van der Waals surface area contributed by atoms with Crippen molar-refractivity contribution in [2.24, 2.45) is 0 Å². The van der Waals surface area contributed by atoms with Crippen LogP contribution in [0.1, 0.15) is 25.7 Å². The van der Waals surface area contributed by atoms with E-state index in [1.54, 1.807) is 4.90 Å². The highest BCUT2D eigenvalue weighted by molar-refractivity contribution is 5.69. The minimum atomic E-state index is -2.55. The van der Waals surface area contributed by atoms with Gasteiger partial charge in [-0.3, -0.25) is 9.69 Å². The molecule has 0 radical (unpaired) electrons. The molecule has 0 atom stereocenters. The molecule has 1 fully saturated rings. The number of alkyl halides is 2. The fraction of sp³-hybridized carbons (Fsp3) is 0.900. The second kappa shape index (κ2) is 5.39. The van der Waals surface area contributed by atoms with Crippen molar-refractivity contribution >= 4 is 5.97 Å². The Morgan fingerprint density at radius 3 is 2.87 bits per heavy atom. The minimum absolute atomic E-state index is 0.0134. The summed E-state index contributed by atoms with van der Waals surface area (Å²) in [6.45, 7) is 1.08. The Balaban J connectivity index is 2.18. The van der Waals surface area contributed by atoms with Crippen LogP contribution in [0.15, 0.2) is 0 Å². The summed E-state index contributed by atoms with van der Waals surface area (Å²) >= 11 is 0. The van der Waals surface area contributed by atoms with Crippen LogP contribution in [0.2, 0.25) is 0 Å². The predicted octanol–water partition coefficient (Wildman–Crippen LogP) is 1.67. The third kappa shape index (κ3) is 4.55. The van der Waals surface area contributed by atoms with E-state index in [9.17, 15) is 13.6 Å². The van der Waals surface area contributed by atoms with Crippen LogP contribution in [-0.2, 0) is 9.53 Å². The highest BCUT2D eigenvalue weighted by Gasteiger charge is 2.34. The first-order valence-corrected chi connectivity index (χ1v) is 5.20. The molecule has 0 aromatic rings. The van der Waals surface area contributed by atoms with E-state index in [1.165, 1.54) is 7.11 Å². The largest absolute Gasteiger partial charge is 0.469 e. The molecule has 0 unspecified atom stereocenters. The third-order valence-electron chi connectivity index (χ3n) is 2.55. The average molecular weight is 221 g/mol. The van der Waals surface area contributed by atoms with Crippen molar-refractivity contribution in [3.63, 3.8) is 0 Å². The van der Waals surface area contributed by atoms with Crippen molar-refractivity contribution < 1.29 is 18.3 Å². The van der Waals surface area contributed by atoms with E-state index in [1.807, 2.05) is 0 Å². The molecular formula is C10H17F2NO2. The fourth-order valence-corrected chi connectivity index (χ4v) is 1.79. The molecule has 0 aliphatic carbocycles. The van der Waals surface area contributed by atoms with Crippen LogP contribution >= 0.6 is 0 Å². The Labute approximate surface area is 88.4 Å². The number of halogens is 2. The number of rotatable bonds is 4. The number of methoxy groups -OCH3 is 1. The van der Waals surface area contributed by atoms with Crippen molar-refractivity contribution in [1.82, 2.24) is 4.90 Å². The SMILES string of the molecule is COC(=O)CCCN1CCCC(F)(F)C1. The third-order valence-corrected chi connectivity index (χ3v) is 2.55. The Bertz CT molecular complexity index is 221. The lowest BCUT2D eigenvalue weighted by molar-refractivity contribution is -0.140. The lowest BCUT2D eigenvalue weighted by Crippen LogP contribution is -2.42. The van der Waals surface area contributed by atoms with E-state index in [-0.39, 0.29) is 18.9 Å². The van der Waals surface area contributed by atoms with Gasteiger partial charge in [-0.25, -0.2) is 8.78 Å². The molecule has 0 amide bonds. The van der Waals surface area contributed by atoms with E-state index in [4.69, 9.17) is 0 Å². The standard InChI is InChI=1S/C10H17F2NO2/c1-15-9(14)4-2-6-13-7-3-5-10(11,12)8-13/h2-8H2,1H3. The Kier molecular flexibility index (Phi) is 4.45. The molecule has 0 bridgehead atoms. The van der Waals surface area contributed by atoms with Gasteiger partial charge in [0.05, 0.1) is 13.7 Å². The molecule has 15 heavy (non-hydrogen) atoms. The maximum Gasteiger partial charge on any atom is 0.305 e. The molecule has 3 nitrogen and oxygen atoms in total. The summed E-state index contributed by atoms with van der Waals surface area (Å²) in [6.07, 6.45) is 1.41. The number of nitrogens with zero attached hydrogens (tertiary/aromatic N) is 1. The van der Waals surface area contributed by atoms with Crippen LogP contribution in [0, 0.1) is 0 Å². The zero-order chi connectivity index (χ0) is 11.3. The second-order valence-corrected chi connectivity index (χ2v) is 3.92. The van der Waals surface area contributed by atoms with Gasteiger partial charge < -0.3 is 4.74 Å². The molecule has 0 aromatic carbocycles. The summed E-state index contributed by atoms with van der Waals surface area (Å²) in [7, 11) is 1.33. The Hall–Kier alpha value is -0.710. The van der Waals surface area contributed by atoms with Gasteiger partial charge in [0.1, 0.15) is 0 Å². The van der Waals surface area contributed by atoms with Gasteiger partial charge in [0.15, 0.2) is 0 Å². The van der Waals surface area contributed by atoms with Crippen LogP contribution in [0.4, 0.5) is 8.78 Å².